The lowest BCUT2D eigenvalue weighted by Gasteiger charge is -2.28. The average Bonchev–Trinajstić information content (AvgIpc) is 2.94. The van der Waals surface area contributed by atoms with Crippen molar-refractivity contribution >= 4 is 18.0 Å². The van der Waals surface area contributed by atoms with Gasteiger partial charge >= 0.3 is 12.1 Å². The Bertz CT molecular complexity index is 1420. The first-order valence-corrected chi connectivity index (χ1v) is 12.1. The van der Waals surface area contributed by atoms with Gasteiger partial charge < -0.3 is 10.0 Å². The van der Waals surface area contributed by atoms with E-state index in [0.717, 1.165) is 29.0 Å². The molecular formula is C31H25F3N2O3. The van der Waals surface area contributed by atoms with E-state index in [2.05, 4.69) is 4.98 Å². The third kappa shape index (κ3) is 7.41. The van der Waals surface area contributed by atoms with Crippen molar-refractivity contribution in [1.29, 1.82) is 0 Å². The number of carbonyl (C=O) groups excluding carboxylic acids is 1. The van der Waals surface area contributed by atoms with Crippen molar-refractivity contribution in [3.63, 3.8) is 0 Å². The second kappa shape index (κ2) is 12.2. The summed E-state index contributed by atoms with van der Waals surface area (Å²) in [5.74, 6) is -1.74. The lowest BCUT2D eigenvalue weighted by Crippen LogP contribution is -2.45. The molecule has 1 aromatic heterocycles. The van der Waals surface area contributed by atoms with Crippen molar-refractivity contribution < 1.29 is 27.9 Å². The number of halogens is 3. The molecule has 1 N–H and O–H groups in total. The summed E-state index contributed by atoms with van der Waals surface area (Å²) in [5, 5.41) is 10.1. The molecule has 0 radical (unpaired) electrons. The molecule has 0 aliphatic carbocycles. The fraction of sp³-hybridized carbons (Fsp3) is 0.129. The number of nitrogens with zero attached hydrogens (tertiary/aromatic N) is 2. The van der Waals surface area contributed by atoms with E-state index in [-0.39, 0.29) is 13.0 Å². The molecular weight excluding hydrogens is 505 g/mol. The van der Waals surface area contributed by atoms with Gasteiger partial charge in [0.1, 0.15) is 6.04 Å². The van der Waals surface area contributed by atoms with Crippen LogP contribution in [0.2, 0.25) is 0 Å². The number of aromatic nitrogens is 1. The van der Waals surface area contributed by atoms with Gasteiger partial charge in [0.2, 0.25) is 5.91 Å². The maximum atomic E-state index is 13.4. The van der Waals surface area contributed by atoms with Gasteiger partial charge in [0, 0.05) is 30.8 Å². The van der Waals surface area contributed by atoms with E-state index >= 15 is 0 Å². The number of amides is 1. The predicted octanol–water partition coefficient (Wildman–Crippen LogP) is 6.51. The topological polar surface area (TPSA) is 70.5 Å². The van der Waals surface area contributed by atoms with Crippen molar-refractivity contribution in [3.05, 3.63) is 132 Å². The standard InChI is InChI=1S/C31H25F3N2O3/c32-31(33,34)26-16-11-22(12-17-26)13-18-29(37)36(28(30(38)39)20-23-6-2-1-3-7-23)21-24-9-14-25(15-10-24)27-8-4-5-19-35-27/h1-19,28H,20-21H2,(H,38,39)/b18-13+/t28-/m0/s1. The van der Waals surface area contributed by atoms with Crippen LogP contribution in [0.4, 0.5) is 13.2 Å². The number of rotatable bonds is 9. The van der Waals surface area contributed by atoms with Crippen molar-refractivity contribution in [2.75, 3.05) is 0 Å². The third-order valence-corrected chi connectivity index (χ3v) is 6.14. The SMILES string of the molecule is O=C(O)[C@H](Cc1ccccc1)N(Cc1ccc(-c2ccccn2)cc1)C(=O)/C=C/c1ccc(C(F)(F)F)cc1. The molecule has 39 heavy (non-hydrogen) atoms. The summed E-state index contributed by atoms with van der Waals surface area (Å²) >= 11 is 0. The molecule has 1 amide bonds. The van der Waals surface area contributed by atoms with E-state index in [4.69, 9.17) is 0 Å². The molecule has 0 fully saturated rings. The van der Waals surface area contributed by atoms with Gasteiger partial charge in [-0.05, 0) is 47.0 Å². The van der Waals surface area contributed by atoms with Gasteiger partial charge in [0.05, 0.1) is 11.3 Å². The maximum absolute atomic E-state index is 13.4. The molecule has 4 aromatic rings. The molecule has 0 saturated carbocycles. The number of hydrogen-bond donors (Lipinski definition) is 1. The van der Waals surface area contributed by atoms with Crippen LogP contribution in [-0.2, 0) is 28.7 Å². The Morgan fingerprint density at radius 3 is 2.10 bits per heavy atom. The molecule has 5 nitrogen and oxygen atoms in total. The Morgan fingerprint density at radius 1 is 0.846 bits per heavy atom. The number of hydrogen-bond acceptors (Lipinski definition) is 3. The van der Waals surface area contributed by atoms with Crippen molar-refractivity contribution in [3.8, 4) is 11.3 Å². The molecule has 198 valence electrons. The predicted molar refractivity (Wildman–Crippen MR) is 142 cm³/mol. The van der Waals surface area contributed by atoms with Crippen LogP contribution < -0.4 is 0 Å². The van der Waals surface area contributed by atoms with Gasteiger partial charge in [-0.15, -0.1) is 0 Å². The van der Waals surface area contributed by atoms with E-state index in [0.29, 0.717) is 11.1 Å². The molecule has 8 heteroatoms. The second-order valence-electron chi connectivity index (χ2n) is 8.87. The van der Waals surface area contributed by atoms with Crippen LogP contribution in [-0.4, -0.2) is 32.9 Å². The maximum Gasteiger partial charge on any atom is 0.416 e. The molecule has 0 spiro atoms. The lowest BCUT2D eigenvalue weighted by atomic mass is 10.0. The van der Waals surface area contributed by atoms with E-state index in [9.17, 15) is 27.9 Å². The first kappa shape index (κ1) is 27.3. The molecule has 0 aliphatic rings. The first-order valence-electron chi connectivity index (χ1n) is 12.1. The van der Waals surface area contributed by atoms with Crippen LogP contribution in [0.5, 0.6) is 0 Å². The lowest BCUT2D eigenvalue weighted by molar-refractivity contribution is -0.148. The van der Waals surface area contributed by atoms with Crippen LogP contribution >= 0.6 is 0 Å². The number of carboxylic acids is 1. The summed E-state index contributed by atoms with van der Waals surface area (Å²) in [6.07, 6.45) is -0.129. The smallest absolute Gasteiger partial charge is 0.416 e. The van der Waals surface area contributed by atoms with Crippen molar-refractivity contribution in [2.45, 2.75) is 25.2 Å². The summed E-state index contributed by atoms with van der Waals surface area (Å²) in [6, 6.07) is 25.1. The molecule has 0 saturated heterocycles. The number of alkyl halides is 3. The van der Waals surface area contributed by atoms with Gasteiger partial charge in [-0.25, -0.2) is 4.79 Å². The minimum atomic E-state index is -4.47. The Kier molecular flexibility index (Phi) is 8.56. The Morgan fingerprint density at radius 2 is 1.51 bits per heavy atom. The summed E-state index contributed by atoms with van der Waals surface area (Å²) in [4.78, 5) is 31.3. The highest BCUT2D eigenvalue weighted by molar-refractivity contribution is 5.94. The summed E-state index contributed by atoms with van der Waals surface area (Å²) in [6.45, 7) is 0.0164. The normalized spacial score (nSPS) is 12.3. The highest BCUT2D eigenvalue weighted by atomic mass is 19.4. The first-order chi connectivity index (χ1) is 18.7. The number of carbonyl (C=O) groups is 2. The fourth-order valence-corrected chi connectivity index (χ4v) is 4.07. The Balaban J connectivity index is 1.60. The zero-order chi connectivity index (χ0) is 27.8. The minimum absolute atomic E-state index is 0.0164. The van der Waals surface area contributed by atoms with Crippen LogP contribution in [0.15, 0.2) is 109 Å². The van der Waals surface area contributed by atoms with Gasteiger partial charge in [-0.3, -0.25) is 9.78 Å². The monoisotopic (exact) mass is 530 g/mol. The van der Waals surface area contributed by atoms with Crippen LogP contribution in [0.1, 0.15) is 22.3 Å². The Labute approximate surface area is 223 Å². The average molecular weight is 531 g/mol. The van der Waals surface area contributed by atoms with E-state index in [1.54, 1.807) is 30.5 Å². The van der Waals surface area contributed by atoms with Gasteiger partial charge in [0.25, 0.3) is 0 Å². The Hall–Kier alpha value is -4.72. The number of carboxylic acid groups (broad SMARTS) is 1. The van der Waals surface area contributed by atoms with Crippen LogP contribution in [0, 0.1) is 0 Å². The van der Waals surface area contributed by atoms with E-state index in [1.165, 1.54) is 29.2 Å². The third-order valence-electron chi connectivity index (χ3n) is 6.14. The summed E-state index contributed by atoms with van der Waals surface area (Å²) in [7, 11) is 0. The zero-order valence-corrected chi connectivity index (χ0v) is 20.8. The molecule has 1 atom stereocenters. The number of aliphatic carboxylic acids is 1. The minimum Gasteiger partial charge on any atom is -0.480 e. The summed E-state index contributed by atoms with van der Waals surface area (Å²) < 4.78 is 38.6. The molecule has 0 bridgehead atoms. The number of benzene rings is 3. The highest BCUT2D eigenvalue weighted by Gasteiger charge is 2.30. The molecule has 0 aliphatic heterocycles. The van der Waals surface area contributed by atoms with E-state index < -0.39 is 29.7 Å². The van der Waals surface area contributed by atoms with Crippen molar-refractivity contribution in [1.82, 2.24) is 9.88 Å². The summed E-state index contributed by atoms with van der Waals surface area (Å²) in [5.41, 5.74) is 2.70. The van der Waals surface area contributed by atoms with Gasteiger partial charge in [-0.1, -0.05) is 72.8 Å². The number of pyridine rings is 1. The molecule has 4 rings (SSSR count). The quantitative estimate of drug-likeness (QED) is 0.251. The zero-order valence-electron chi connectivity index (χ0n) is 20.8. The largest absolute Gasteiger partial charge is 0.480 e. The fourth-order valence-electron chi connectivity index (χ4n) is 4.07. The highest BCUT2D eigenvalue weighted by Crippen LogP contribution is 2.29. The molecule has 1 heterocycles. The van der Waals surface area contributed by atoms with Crippen molar-refractivity contribution in [2.24, 2.45) is 0 Å². The van der Waals surface area contributed by atoms with Gasteiger partial charge in [-0.2, -0.15) is 13.2 Å². The van der Waals surface area contributed by atoms with Crippen LogP contribution in [0.25, 0.3) is 17.3 Å². The van der Waals surface area contributed by atoms with Gasteiger partial charge in [0.15, 0.2) is 0 Å². The van der Waals surface area contributed by atoms with E-state index in [1.807, 2.05) is 48.5 Å². The second-order valence-corrected chi connectivity index (χ2v) is 8.87. The molecule has 0 unspecified atom stereocenters. The molecule has 3 aromatic carbocycles. The van der Waals surface area contributed by atoms with Crippen LogP contribution in [0.3, 0.4) is 0 Å².